The number of fused-ring (bicyclic) bond motifs is 1. The third kappa shape index (κ3) is 19.3. The highest BCUT2D eigenvalue weighted by Gasteiger charge is 2.68. The van der Waals surface area contributed by atoms with Crippen molar-refractivity contribution in [3.8, 4) is 40.6 Å². The lowest BCUT2D eigenvalue weighted by Crippen LogP contribution is -2.37. The third-order valence-electron chi connectivity index (χ3n) is 21.6. The summed E-state index contributed by atoms with van der Waals surface area (Å²) in [6.45, 7) is 4.84. The van der Waals surface area contributed by atoms with E-state index in [1.807, 2.05) is 116 Å². The van der Waals surface area contributed by atoms with Gasteiger partial charge in [-0.15, -0.1) is 0 Å². The number of methoxy groups -OCH3 is 2. The molecule has 28 nitrogen and oxygen atoms in total. The number of hydrogen-bond acceptors (Lipinski definition) is 22. The van der Waals surface area contributed by atoms with Crippen LogP contribution in [0.4, 0.5) is 5.69 Å². The highest BCUT2D eigenvalue weighted by molar-refractivity contribution is 5.99. The number of carbonyl (C=O) groups excluding carboxylic acids is 8. The fourth-order valence-corrected chi connectivity index (χ4v) is 14.8. The van der Waals surface area contributed by atoms with E-state index in [9.17, 15) is 53.6 Å². The van der Waals surface area contributed by atoms with Crippen LogP contribution in [0.15, 0.2) is 243 Å². The first kappa shape index (κ1) is 84.1. The molecule has 4 saturated carbocycles. The Morgan fingerprint density at radius 2 is 0.974 bits per heavy atom. The molecule has 602 valence electrons. The Bertz CT molecular complexity index is 5320. The van der Waals surface area contributed by atoms with E-state index in [1.165, 1.54) is 38.5 Å². The molecule has 10 N–H and O–H groups in total. The zero-order valence-corrected chi connectivity index (χ0v) is 64.0. The van der Waals surface area contributed by atoms with E-state index < -0.39 is 91.8 Å². The Kier molecular flexibility index (Phi) is 26.9. The Balaban J connectivity index is 0.000000154. The van der Waals surface area contributed by atoms with Crippen LogP contribution in [-0.2, 0) is 89.4 Å². The van der Waals surface area contributed by atoms with Gasteiger partial charge in [-0.3, -0.25) is 69.3 Å². The number of nitriles is 1. The van der Waals surface area contributed by atoms with Crippen molar-refractivity contribution >= 4 is 63.9 Å². The second kappa shape index (κ2) is 37.4. The number of phenolic OH excluding ortho intramolecular Hbond substituents is 1. The molecule has 28 heteroatoms. The molecule has 4 aliphatic rings. The topological polar surface area (TPSA) is 420 Å². The first-order valence-corrected chi connectivity index (χ1v) is 37.3. The number of amides is 5. The summed E-state index contributed by atoms with van der Waals surface area (Å²) in [7, 11) is 2.49. The van der Waals surface area contributed by atoms with Crippen LogP contribution in [0.3, 0.4) is 0 Å². The highest BCUT2D eigenvalue weighted by Crippen LogP contribution is 2.59. The van der Waals surface area contributed by atoms with Gasteiger partial charge in [0, 0.05) is 30.2 Å². The molecule has 9 atom stereocenters. The molecule has 0 radical (unpaired) electrons. The van der Waals surface area contributed by atoms with Crippen molar-refractivity contribution in [1.82, 2.24) is 27.2 Å². The van der Waals surface area contributed by atoms with Gasteiger partial charge in [0.15, 0.2) is 0 Å². The normalized spacial score (nSPS) is 20.1. The molecule has 14 rings (SSSR count). The number of nitro groups is 1. The minimum absolute atomic E-state index is 0.0587. The van der Waals surface area contributed by atoms with Crippen molar-refractivity contribution in [3.05, 3.63) is 303 Å². The Labute approximate surface area is 671 Å². The molecule has 10 aromatic carbocycles. The van der Waals surface area contributed by atoms with Gasteiger partial charge < -0.3 is 38.8 Å². The van der Waals surface area contributed by atoms with Crippen LogP contribution < -0.4 is 41.4 Å². The largest absolute Gasteiger partial charge is 0.508 e. The molecule has 0 aromatic heterocycles. The van der Waals surface area contributed by atoms with Crippen molar-refractivity contribution in [3.63, 3.8) is 0 Å². The lowest BCUT2D eigenvalue weighted by Gasteiger charge is -2.19. The summed E-state index contributed by atoms with van der Waals surface area (Å²) in [6.07, 6.45) is 1.85. The third-order valence-corrected chi connectivity index (χ3v) is 21.6. The number of esters is 3. The standard InChI is InChI=1S/C26H26N2O4.C26H27NO5.C19H16N2O5.C18H16N2O7/c29-24(28-31)23-16-26(23,25(30)27-17-20-7-3-1-4-8-20)15-19-11-13-22(14-12-19)32-18-21-9-5-2-6-10-21;1-3-32-25(30)26(15-22(26)24(29)27-31)14-17-8-11-23(28)21(12-17)16(2)19-10-9-18-6-4-5-7-20(18)13-19;1-25-18(23)19(10-16(19)17(22)21-24)13-3-2-4-15(9-13)26-14-7-5-12(11-20)6-8-14;1-26-17(22)18(10-15(18)16(21)19-23)11-3-2-4-14(9-11)27-13-7-5-12(6-8-13)20(24)25/h1-14,23,31H,15-18H2,(H,27,30)(H,28,29);4-13,16,22,28,31H,3,14-15H2,1-2H3,(H,27,29);2-9,16,24H,10H2,1H3,(H,21,22);2-9,15,23H,10H2,1H3,(H,19,21)/t23-,26+;16?,22-,26+;16-,19-;15-,18-/m1100/s1. The molecule has 0 saturated heterocycles. The number of aromatic hydroxyl groups is 1. The smallest absolute Gasteiger partial charge is 0.317 e. The second-order valence-electron chi connectivity index (χ2n) is 28.7. The number of non-ortho nitro benzene ring substituents is 1. The molecule has 0 bridgehead atoms. The summed E-state index contributed by atoms with van der Waals surface area (Å²) in [5.41, 5.74) is 9.53. The number of ether oxygens (including phenoxy) is 6. The molecular formula is C89H85N7O21. The lowest BCUT2D eigenvalue weighted by atomic mass is 9.87. The average molecular weight is 1590 g/mol. The van der Waals surface area contributed by atoms with Gasteiger partial charge in [0.25, 0.3) is 5.69 Å². The number of nitrogens with one attached hydrogen (secondary N) is 5. The average Bonchev–Trinajstić information content (AvgIpc) is 1.58. The number of nitrogens with zero attached hydrogens (tertiary/aromatic N) is 2. The van der Waals surface area contributed by atoms with Crippen molar-refractivity contribution < 1.29 is 97.6 Å². The first-order chi connectivity index (χ1) is 56.5. The van der Waals surface area contributed by atoms with E-state index in [1.54, 1.807) is 114 Å². The van der Waals surface area contributed by atoms with E-state index in [0.29, 0.717) is 78.5 Å². The summed E-state index contributed by atoms with van der Waals surface area (Å²) in [6, 6.07) is 74.4. The summed E-state index contributed by atoms with van der Waals surface area (Å²) in [5.74, 6) is -4.16. The van der Waals surface area contributed by atoms with Gasteiger partial charge >= 0.3 is 17.9 Å². The predicted octanol–water partition coefficient (Wildman–Crippen LogP) is 12.6. The Hall–Kier alpha value is -13.9. The molecule has 0 heterocycles. The van der Waals surface area contributed by atoms with E-state index in [2.05, 4.69) is 35.6 Å². The number of rotatable bonds is 27. The van der Waals surface area contributed by atoms with Crippen LogP contribution in [-0.4, -0.2) is 99.1 Å². The molecule has 0 aliphatic heterocycles. The maximum Gasteiger partial charge on any atom is 0.317 e. The second-order valence-corrected chi connectivity index (χ2v) is 28.7. The van der Waals surface area contributed by atoms with Crippen LogP contribution in [0.1, 0.15) is 95.5 Å². The molecule has 4 aliphatic carbocycles. The lowest BCUT2D eigenvalue weighted by molar-refractivity contribution is -0.384. The maximum absolute atomic E-state index is 13.1. The minimum atomic E-state index is -1.18. The van der Waals surface area contributed by atoms with Crippen LogP contribution in [0.25, 0.3) is 10.8 Å². The molecule has 10 aromatic rings. The van der Waals surface area contributed by atoms with Gasteiger partial charge in [0.05, 0.1) is 71.9 Å². The molecular weight excluding hydrogens is 1500 g/mol. The number of hydrogen-bond donors (Lipinski definition) is 10. The zero-order chi connectivity index (χ0) is 83.6. The van der Waals surface area contributed by atoms with E-state index >= 15 is 0 Å². The number of benzene rings is 10. The summed E-state index contributed by atoms with van der Waals surface area (Å²) < 4.78 is 32.2. The summed E-state index contributed by atoms with van der Waals surface area (Å²) >= 11 is 0. The number of nitro benzene ring substituents is 1. The van der Waals surface area contributed by atoms with E-state index in [0.717, 1.165) is 49.9 Å². The maximum atomic E-state index is 13.1. The first-order valence-electron chi connectivity index (χ1n) is 37.3. The van der Waals surface area contributed by atoms with Crippen molar-refractivity contribution in [2.24, 2.45) is 34.5 Å². The monoisotopic (exact) mass is 1590 g/mol. The van der Waals surface area contributed by atoms with Crippen LogP contribution in [0, 0.1) is 55.9 Å². The van der Waals surface area contributed by atoms with Gasteiger partial charge in [0.2, 0.25) is 29.5 Å². The Morgan fingerprint density at radius 3 is 1.50 bits per heavy atom. The van der Waals surface area contributed by atoms with Crippen LogP contribution >= 0.6 is 0 Å². The van der Waals surface area contributed by atoms with Gasteiger partial charge in [-0.1, -0.05) is 159 Å². The van der Waals surface area contributed by atoms with Gasteiger partial charge in [0.1, 0.15) is 51.9 Å². The predicted molar refractivity (Wildman–Crippen MR) is 421 cm³/mol. The summed E-state index contributed by atoms with van der Waals surface area (Å²) in [5, 5.41) is 71.2. The van der Waals surface area contributed by atoms with Crippen LogP contribution in [0.5, 0.6) is 34.5 Å². The van der Waals surface area contributed by atoms with E-state index in [-0.39, 0.29) is 42.7 Å². The fourth-order valence-electron chi connectivity index (χ4n) is 14.8. The van der Waals surface area contributed by atoms with Crippen molar-refractivity contribution in [1.29, 1.82) is 5.26 Å². The zero-order valence-electron chi connectivity index (χ0n) is 64.0. The number of carbonyl (C=O) groups is 8. The van der Waals surface area contributed by atoms with Gasteiger partial charge in [-0.05, 0) is 174 Å². The number of phenols is 1. The Morgan fingerprint density at radius 1 is 0.496 bits per heavy atom. The van der Waals surface area contributed by atoms with Gasteiger partial charge in [-0.25, -0.2) is 21.9 Å². The van der Waals surface area contributed by atoms with Crippen LogP contribution in [0.2, 0.25) is 0 Å². The van der Waals surface area contributed by atoms with E-state index in [4.69, 9.17) is 54.5 Å². The van der Waals surface area contributed by atoms with Crippen molar-refractivity contribution in [2.75, 3.05) is 20.8 Å². The number of hydroxylamine groups is 4. The quantitative estimate of drug-likeness (QED) is 0.00751. The fraction of sp³-hybridized carbons (Fsp3) is 0.247. The molecule has 1 unspecified atom stereocenters. The van der Waals surface area contributed by atoms with Gasteiger partial charge in [-0.2, -0.15) is 5.26 Å². The highest BCUT2D eigenvalue weighted by atomic mass is 16.6. The molecule has 0 spiro atoms. The minimum Gasteiger partial charge on any atom is -0.508 e. The molecule has 5 amide bonds. The summed E-state index contributed by atoms with van der Waals surface area (Å²) in [4.78, 5) is 108. The molecule has 4 fully saturated rings. The SMILES string of the molecule is CCOC(=O)[C@@]1(Cc2ccc(O)c(C(C)c3ccc4ccccc4c3)c2)C[C@@H]1C(=O)NO.COC(=O)[C@]1(c2cccc(Oc3ccc(C#N)cc3)c2)C[C@H]1C(=O)NO.COC(=O)[C@]1(c2cccc(Oc3ccc([N+](=O)[O-])cc3)c2)C[C@H]1C(=O)NO.O=C(NO)[C@H]1C[C@]1(Cc1ccc(OCc2ccccc2)cc1)C(=O)NCc1ccccc1. The van der Waals surface area contributed by atoms with Crippen molar-refractivity contribution in [2.45, 2.75) is 82.3 Å². The molecule has 117 heavy (non-hydrogen) atoms.